The van der Waals surface area contributed by atoms with Crippen LogP contribution in [-0.2, 0) is 10.2 Å². The smallest absolute Gasteiger partial charge is 0.271 e. The summed E-state index contributed by atoms with van der Waals surface area (Å²) < 4.78 is 11.1. The van der Waals surface area contributed by atoms with Gasteiger partial charge in [0.1, 0.15) is 0 Å². The number of non-ortho nitro benzene ring substituents is 1. The predicted molar refractivity (Wildman–Crippen MR) is 162 cm³/mol. The Kier molecular flexibility index (Phi) is 7.84. The van der Waals surface area contributed by atoms with E-state index in [0.29, 0.717) is 22.5 Å². The third kappa shape index (κ3) is 6.23. The zero-order valence-electron chi connectivity index (χ0n) is 24.0. The van der Waals surface area contributed by atoms with Crippen molar-refractivity contribution in [3.05, 3.63) is 93.5 Å². The monoisotopic (exact) mass is 582 g/mol. The number of nitro groups is 1. The number of hydrazone groups is 1. The van der Waals surface area contributed by atoms with Gasteiger partial charge in [0.2, 0.25) is 0 Å². The molecule has 4 fully saturated rings. The Balaban J connectivity index is 1.00. The van der Waals surface area contributed by atoms with Crippen molar-refractivity contribution >= 4 is 29.4 Å². The van der Waals surface area contributed by atoms with E-state index in [0.717, 1.165) is 23.4 Å². The minimum absolute atomic E-state index is 0.104. The van der Waals surface area contributed by atoms with Gasteiger partial charge in [0.05, 0.1) is 18.2 Å². The number of methoxy groups -OCH3 is 1. The van der Waals surface area contributed by atoms with Crippen molar-refractivity contribution < 1.29 is 24.0 Å². The summed E-state index contributed by atoms with van der Waals surface area (Å²) in [5.41, 5.74) is 5.63. The summed E-state index contributed by atoms with van der Waals surface area (Å²) in [5.74, 6) is 2.67. The molecular formula is C33H34N4O6. The molecule has 10 heteroatoms. The first kappa shape index (κ1) is 28.4. The van der Waals surface area contributed by atoms with Crippen molar-refractivity contribution in [1.29, 1.82) is 0 Å². The molecule has 0 saturated heterocycles. The van der Waals surface area contributed by atoms with Gasteiger partial charge in [-0.1, -0.05) is 12.1 Å². The number of nitro benzene ring substituents is 1. The van der Waals surface area contributed by atoms with Crippen LogP contribution in [0.2, 0.25) is 0 Å². The van der Waals surface area contributed by atoms with Gasteiger partial charge in [-0.05, 0) is 115 Å². The molecule has 4 bridgehead atoms. The molecule has 0 aliphatic heterocycles. The normalized spacial score (nSPS) is 23.6. The lowest BCUT2D eigenvalue weighted by atomic mass is 9.48. The summed E-state index contributed by atoms with van der Waals surface area (Å²) in [6, 6.07) is 18.6. The van der Waals surface area contributed by atoms with Crippen molar-refractivity contribution in [2.75, 3.05) is 19.0 Å². The minimum Gasteiger partial charge on any atom is -0.493 e. The van der Waals surface area contributed by atoms with Gasteiger partial charge >= 0.3 is 0 Å². The molecular weight excluding hydrogens is 548 g/mol. The molecule has 10 nitrogen and oxygen atoms in total. The van der Waals surface area contributed by atoms with Gasteiger partial charge in [-0.3, -0.25) is 19.7 Å². The van der Waals surface area contributed by atoms with Crippen molar-refractivity contribution in [2.24, 2.45) is 22.9 Å². The second-order valence-electron chi connectivity index (χ2n) is 12.0. The Labute approximate surface area is 249 Å². The van der Waals surface area contributed by atoms with Gasteiger partial charge in [0.15, 0.2) is 18.1 Å². The van der Waals surface area contributed by atoms with Crippen molar-refractivity contribution in [2.45, 2.75) is 43.9 Å². The molecule has 2 N–H and O–H groups in total. The van der Waals surface area contributed by atoms with Gasteiger partial charge in [-0.25, -0.2) is 5.43 Å². The van der Waals surface area contributed by atoms with Crippen molar-refractivity contribution in [3.63, 3.8) is 0 Å². The summed E-state index contributed by atoms with van der Waals surface area (Å²) in [6.07, 6.45) is 9.59. The fourth-order valence-corrected chi connectivity index (χ4v) is 7.56. The Hall–Kier alpha value is -4.73. The van der Waals surface area contributed by atoms with E-state index in [2.05, 4.69) is 28.0 Å². The number of carbonyl (C=O) groups excluding carboxylic acids is 2. The Morgan fingerprint density at radius 1 is 0.953 bits per heavy atom. The quantitative estimate of drug-likeness (QED) is 0.175. The third-order valence-corrected chi connectivity index (χ3v) is 9.09. The van der Waals surface area contributed by atoms with Crippen LogP contribution in [0.3, 0.4) is 0 Å². The molecule has 43 heavy (non-hydrogen) atoms. The predicted octanol–water partition coefficient (Wildman–Crippen LogP) is 5.85. The first-order chi connectivity index (χ1) is 20.8. The number of anilines is 1. The molecule has 0 unspecified atom stereocenters. The van der Waals surface area contributed by atoms with E-state index in [1.165, 1.54) is 81.7 Å². The maximum Gasteiger partial charge on any atom is 0.271 e. The molecule has 4 aliphatic carbocycles. The number of hydrogen-bond donors (Lipinski definition) is 2. The van der Waals surface area contributed by atoms with Gasteiger partial charge < -0.3 is 14.8 Å². The highest BCUT2D eigenvalue weighted by Gasteiger charge is 2.51. The lowest BCUT2D eigenvalue weighted by Crippen LogP contribution is -2.48. The van der Waals surface area contributed by atoms with Gasteiger partial charge in [-0.2, -0.15) is 5.10 Å². The number of hydrogen-bond acceptors (Lipinski definition) is 7. The van der Waals surface area contributed by atoms with Crippen LogP contribution in [0.5, 0.6) is 11.5 Å². The van der Waals surface area contributed by atoms with Crippen molar-refractivity contribution in [1.82, 2.24) is 5.43 Å². The number of amides is 2. The highest BCUT2D eigenvalue weighted by atomic mass is 16.6. The Morgan fingerprint density at radius 2 is 1.60 bits per heavy atom. The van der Waals surface area contributed by atoms with Crippen LogP contribution < -0.4 is 20.2 Å². The maximum absolute atomic E-state index is 12.7. The third-order valence-electron chi connectivity index (χ3n) is 9.09. The maximum atomic E-state index is 12.7. The van der Waals surface area contributed by atoms with Crippen LogP contribution in [0.4, 0.5) is 11.4 Å². The highest BCUT2D eigenvalue weighted by Crippen LogP contribution is 2.60. The minimum atomic E-state index is -0.534. The fraction of sp³-hybridized carbons (Fsp3) is 0.364. The second kappa shape index (κ2) is 11.9. The van der Waals surface area contributed by atoms with Crippen LogP contribution in [0.1, 0.15) is 60.0 Å². The van der Waals surface area contributed by atoms with E-state index in [9.17, 15) is 19.7 Å². The number of rotatable bonds is 10. The number of carbonyl (C=O) groups is 2. The van der Waals surface area contributed by atoms with E-state index in [1.807, 2.05) is 12.1 Å². The van der Waals surface area contributed by atoms with E-state index >= 15 is 0 Å². The molecule has 0 heterocycles. The van der Waals surface area contributed by atoms with Gasteiger partial charge in [-0.15, -0.1) is 0 Å². The van der Waals surface area contributed by atoms with E-state index in [4.69, 9.17) is 9.47 Å². The average Bonchev–Trinajstić information content (AvgIpc) is 3.00. The standard InChI is InChI=1S/C33H34N4O6/c1-42-30-15-21(19-34-36-32(39)25-3-9-28(10-4-25)37(40)41)2-11-29(30)43-20-31(38)35-27-7-5-26(6-8-27)33-16-22-12-23(17-33)14-24(13-22)18-33/h2-11,15,19,22-24H,12-14,16-18,20H2,1H3,(H,35,38)(H,36,39)/b34-19+. The summed E-state index contributed by atoms with van der Waals surface area (Å²) >= 11 is 0. The van der Waals surface area contributed by atoms with Crippen LogP contribution in [0, 0.1) is 27.9 Å². The van der Waals surface area contributed by atoms with E-state index in [1.54, 1.807) is 18.2 Å². The summed E-state index contributed by atoms with van der Waals surface area (Å²) in [6.45, 7) is -0.189. The highest BCUT2D eigenvalue weighted by molar-refractivity contribution is 5.95. The summed E-state index contributed by atoms with van der Waals surface area (Å²) in [4.78, 5) is 35.1. The Bertz CT molecular complexity index is 1520. The molecule has 3 aromatic rings. The molecule has 7 rings (SSSR count). The summed E-state index contributed by atoms with van der Waals surface area (Å²) in [7, 11) is 1.49. The molecule has 0 spiro atoms. The molecule has 4 saturated carbocycles. The molecule has 2 amide bonds. The number of nitrogens with zero attached hydrogens (tertiary/aromatic N) is 2. The molecule has 222 valence electrons. The number of benzene rings is 3. The largest absolute Gasteiger partial charge is 0.493 e. The van der Waals surface area contributed by atoms with Gasteiger partial charge in [0.25, 0.3) is 17.5 Å². The fourth-order valence-electron chi connectivity index (χ4n) is 7.56. The van der Waals surface area contributed by atoms with Crippen LogP contribution >= 0.6 is 0 Å². The van der Waals surface area contributed by atoms with Crippen LogP contribution in [0.25, 0.3) is 0 Å². The van der Waals surface area contributed by atoms with E-state index < -0.39 is 10.8 Å². The lowest BCUT2D eigenvalue weighted by Gasteiger charge is -2.57. The zero-order chi connectivity index (χ0) is 30.0. The first-order valence-electron chi connectivity index (χ1n) is 14.6. The first-order valence-corrected chi connectivity index (χ1v) is 14.6. The number of nitrogens with one attached hydrogen (secondary N) is 2. The zero-order valence-corrected chi connectivity index (χ0v) is 24.0. The Morgan fingerprint density at radius 3 is 2.21 bits per heavy atom. The molecule has 0 radical (unpaired) electrons. The van der Waals surface area contributed by atoms with E-state index in [-0.39, 0.29) is 23.8 Å². The molecule has 4 aliphatic rings. The molecule has 0 atom stereocenters. The topological polar surface area (TPSA) is 132 Å². The summed E-state index contributed by atoms with van der Waals surface area (Å²) in [5, 5.41) is 17.6. The second-order valence-corrected chi connectivity index (χ2v) is 12.0. The van der Waals surface area contributed by atoms with Crippen molar-refractivity contribution in [3.8, 4) is 11.5 Å². The molecule has 3 aromatic carbocycles. The van der Waals surface area contributed by atoms with Crippen LogP contribution in [-0.4, -0.2) is 36.7 Å². The molecule has 0 aromatic heterocycles. The average molecular weight is 583 g/mol. The number of ether oxygens (including phenoxy) is 2. The van der Waals surface area contributed by atoms with Gasteiger partial charge in [0, 0.05) is 23.4 Å². The SMILES string of the molecule is COc1cc(/C=N/NC(=O)c2ccc([N+](=O)[O-])cc2)ccc1OCC(=O)Nc1ccc(C23CC4CC(CC(C4)C2)C3)cc1. The lowest BCUT2D eigenvalue weighted by molar-refractivity contribution is -0.384. The van der Waals surface area contributed by atoms with Crippen LogP contribution in [0.15, 0.2) is 71.8 Å².